The lowest BCUT2D eigenvalue weighted by Gasteiger charge is -2.19. The first-order valence-electron chi connectivity index (χ1n) is 7.37. The van der Waals surface area contributed by atoms with Crippen LogP contribution in [0.4, 0.5) is 13.2 Å². The molecule has 0 amide bonds. The average molecular weight is 341 g/mol. The SMILES string of the molecule is CC1(C)C/C(=C/C(=O)c2ccc(C(F)(F)F)cc2)N(CC(=O)O)C1. The van der Waals surface area contributed by atoms with Crippen LogP contribution in [0.1, 0.15) is 36.2 Å². The second kappa shape index (κ2) is 6.30. The van der Waals surface area contributed by atoms with Crippen LogP contribution in [0.3, 0.4) is 0 Å². The molecule has 1 aliphatic rings. The lowest BCUT2D eigenvalue weighted by molar-refractivity contribution is -0.138. The van der Waals surface area contributed by atoms with E-state index < -0.39 is 23.5 Å². The number of rotatable bonds is 4. The van der Waals surface area contributed by atoms with E-state index in [1.54, 1.807) is 4.90 Å². The zero-order valence-electron chi connectivity index (χ0n) is 13.4. The molecule has 0 saturated carbocycles. The summed E-state index contributed by atoms with van der Waals surface area (Å²) in [6.07, 6.45) is -2.60. The van der Waals surface area contributed by atoms with Crippen molar-refractivity contribution < 1.29 is 27.9 Å². The molecular weight excluding hydrogens is 323 g/mol. The number of likely N-dealkylation sites (tertiary alicyclic amines) is 1. The normalized spacial score (nSPS) is 18.9. The van der Waals surface area contributed by atoms with E-state index in [0.717, 1.165) is 24.3 Å². The monoisotopic (exact) mass is 341 g/mol. The summed E-state index contributed by atoms with van der Waals surface area (Å²) in [6.45, 7) is 4.22. The lowest BCUT2D eigenvalue weighted by Crippen LogP contribution is -2.28. The Morgan fingerprint density at radius 2 is 1.83 bits per heavy atom. The van der Waals surface area contributed by atoms with Crippen LogP contribution in [-0.4, -0.2) is 34.8 Å². The van der Waals surface area contributed by atoms with E-state index in [1.165, 1.54) is 6.08 Å². The van der Waals surface area contributed by atoms with Gasteiger partial charge < -0.3 is 10.0 Å². The van der Waals surface area contributed by atoms with Gasteiger partial charge in [0.25, 0.3) is 0 Å². The average Bonchev–Trinajstić information content (AvgIpc) is 2.71. The molecule has 0 aromatic heterocycles. The summed E-state index contributed by atoms with van der Waals surface area (Å²) < 4.78 is 37.6. The van der Waals surface area contributed by atoms with Gasteiger partial charge in [-0.25, -0.2) is 0 Å². The van der Waals surface area contributed by atoms with Gasteiger partial charge in [-0.2, -0.15) is 13.2 Å². The van der Waals surface area contributed by atoms with E-state index in [9.17, 15) is 22.8 Å². The number of ketones is 1. The molecule has 1 aliphatic heterocycles. The van der Waals surface area contributed by atoms with Gasteiger partial charge in [-0.15, -0.1) is 0 Å². The van der Waals surface area contributed by atoms with E-state index in [1.807, 2.05) is 13.8 Å². The van der Waals surface area contributed by atoms with E-state index >= 15 is 0 Å². The van der Waals surface area contributed by atoms with E-state index in [-0.39, 0.29) is 17.5 Å². The fraction of sp³-hybridized carbons (Fsp3) is 0.412. The number of carboxylic acid groups (broad SMARTS) is 1. The highest BCUT2D eigenvalue weighted by molar-refractivity contribution is 6.05. The third-order valence-corrected chi connectivity index (χ3v) is 3.81. The highest BCUT2D eigenvalue weighted by atomic mass is 19.4. The highest BCUT2D eigenvalue weighted by Crippen LogP contribution is 2.36. The van der Waals surface area contributed by atoms with Crippen LogP contribution in [0.15, 0.2) is 36.0 Å². The number of carbonyl (C=O) groups is 2. The third kappa shape index (κ3) is 4.37. The molecule has 1 heterocycles. The predicted molar refractivity (Wildman–Crippen MR) is 81.5 cm³/mol. The molecule has 0 unspecified atom stereocenters. The molecule has 2 rings (SSSR count). The molecule has 24 heavy (non-hydrogen) atoms. The number of carbonyl (C=O) groups excluding carboxylic acids is 1. The number of hydrogen-bond acceptors (Lipinski definition) is 3. The van der Waals surface area contributed by atoms with Gasteiger partial charge in [0.05, 0.1) is 5.56 Å². The largest absolute Gasteiger partial charge is 0.480 e. The van der Waals surface area contributed by atoms with Crippen molar-refractivity contribution in [2.24, 2.45) is 5.41 Å². The molecule has 1 saturated heterocycles. The Kier molecular flexibility index (Phi) is 4.73. The molecule has 1 aromatic rings. The number of benzene rings is 1. The molecule has 1 aromatic carbocycles. The van der Waals surface area contributed by atoms with Crippen LogP contribution >= 0.6 is 0 Å². The lowest BCUT2D eigenvalue weighted by atomic mass is 9.92. The maximum absolute atomic E-state index is 12.5. The van der Waals surface area contributed by atoms with Gasteiger partial charge in [0.15, 0.2) is 5.78 Å². The van der Waals surface area contributed by atoms with Gasteiger partial charge in [0, 0.05) is 23.9 Å². The molecule has 130 valence electrons. The van der Waals surface area contributed by atoms with Crippen LogP contribution in [0.2, 0.25) is 0 Å². The number of carboxylic acids is 1. The van der Waals surface area contributed by atoms with Crippen LogP contribution in [0.25, 0.3) is 0 Å². The Hall–Kier alpha value is -2.31. The first-order chi connectivity index (χ1) is 11.0. The van der Waals surface area contributed by atoms with Crippen molar-refractivity contribution in [2.45, 2.75) is 26.4 Å². The second-order valence-electron chi connectivity index (χ2n) is 6.67. The quantitative estimate of drug-likeness (QED) is 0.672. The predicted octanol–water partition coefficient (Wildman–Crippen LogP) is 3.59. The minimum absolute atomic E-state index is 0.135. The van der Waals surface area contributed by atoms with Crippen LogP contribution in [-0.2, 0) is 11.0 Å². The minimum atomic E-state index is -4.45. The molecule has 7 heteroatoms. The molecule has 0 aliphatic carbocycles. The number of nitrogens with zero attached hydrogens (tertiary/aromatic N) is 1. The van der Waals surface area contributed by atoms with Crippen LogP contribution in [0, 0.1) is 5.41 Å². The highest BCUT2D eigenvalue weighted by Gasteiger charge is 2.34. The molecule has 0 bridgehead atoms. The zero-order chi connectivity index (χ0) is 18.1. The molecule has 4 nitrogen and oxygen atoms in total. The molecule has 0 spiro atoms. The van der Waals surface area contributed by atoms with Crippen molar-refractivity contribution in [2.75, 3.05) is 13.1 Å². The number of halogens is 3. The Balaban J connectivity index is 2.22. The van der Waals surface area contributed by atoms with Gasteiger partial charge in [-0.3, -0.25) is 9.59 Å². The first-order valence-corrected chi connectivity index (χ1v) is 7.37. The molecular formula is C17H18F3NO3. The summed E-state index contributed by atoms with van der Waals surface area (Å²) >= 11 is 0. The smallest absolute Gasteiger partial charge is 0.416 e. The van der Waals surface area contributed by atoms with Gasteiger partial charge in [0.2, 0.25) is 0 Å². The van der Waals surface area contributed by atoms with Crippen LogP contribution < -0.4 is 0 Å². The number of alkyl halides is 3. The Bertz CT molecular complexity index is 675. The molecule has 1 N–H and O–H groups in total. The number of aliphatic carboxylic acids is 1. The maximum Gasteiger partial charge on any atom is 0.416 e. The third-order valence-electron chi connectivity index (χ3n) is 3.81. The van der Waals surface area contributed by atoms with Gasteiger partial charge in [-0.05, 0) is 24.0 Å². The summed E-state index contributed by atoms with van der Waals surface area (Å²) in [7, 11) is 0. The van der Waals surface area contributed by atoms with E-state index in [4.69, 9.17) is 5.11 Å². The Morgan fingerprint density at radius 1 is 1.25 bits per heavy atom. The number of allylic oxidation sites excluding steroid dienone is 2. The molecule has 0 atom stereocenters. The van der Waals surface area contributed by atoms with Crippen molar-refractivity contribution in [3.05, 3.63) is 47.2 Å². The first kappa shape index (κ1) is 18.0. The summed E-state index contributed by atoms with van der Waals surface area (Å²) in [5.41, 5.74) is -0.259. The minimum Gasteiger partial charge on any atom is -0.480 e. The Labute approximate surface area is 137 Å². The summed E-state index contributed by atoms with van der Waals surface area (Å²) in [4.78, 5) is 24.8. The van der Waals surface area contributed by atoms with Crippen molar-refractivity contribution >= 4 is 11.8 Å². The maximum atomic E-state index is 12.5. The topological polar surface area (TPSA) is 57.6 Å². The number of hydrogen-bond donors (Lipinski definition) is 1. The van der Waals surface area contributed by atoms with Gasteiger partial charge in [-0.1, -0.05) is 26.0 Å². The van der Waals surface area contributed by atoms with E-state index in [0.29, 0.717) is 18.7 Å². The molecule has 1 fully saturated rings. The summed E-state index contributed by atoms with van der Waals surface area (Å²) in [5, 5.41) is 8.96. The standard InChI is InChI=1S/C17H18F3NO3/c1-16(2)8-13(21(10-16)9-15(23)24)7-14(22)11-3-5-12(6-4-11)17(18,19)20/h3-7H,8-10H2,1-2H3,(H,23,24)/b13-7-. The van der Waals surface area contributed by atoms with Gasteiger partial charge in [0.1, 0.15) is 6.54 Å². The van der Waals surface area contributed by atoms with Crippen molar-refractivity contribution in [3.8, 4) is 0 Å². The van der Waals surface area contributed by atoms with Crippen molar-refractivity contribution in [1.82, 2.24) is 4.90 Å². The molecule has 0 radical (unpaired) electrons. The Morgan fingerprint density at radius 3 is 2.33 bits per heavy atom. The van der Waals surface area contributed by atoms with Gasteiger partial charge >= 0.3 is 12.1 Å². The fourth-order valence-electron chi connectivity index (χ4n) is 2.80. The van der Waals surface area contributed by atoms with Crippen molar-refractivity contribution in [1.29, 1.82) is 0 Å². The summed E-state index contributed by atoms with van der Waals surface area (Å²) in [6, 6.07) is 3.98. The zero-order valence-corrected chi connectivity index (χ0v) is 13.4. The second-order valence-corrected chi connectivity index (χ2v) is 6.67. The summed E-state index contributed by atoms with van der Waals surface area (Å²) in [5.74, 6) is -1.44. The fourth-order valence-corrected chi connectivity index (χ4v) is 2.80. The van der Waals surface area contributed by atoms with Crippen LogP contribution in [0.5, 0.6) is 0 Å². The van der Waals surface area contributed by atoms with Crippen molar-refractivity contribution in [3.63, 3.8) is 0 Å². The van der Waals surface area contributed by atoms with E-state index in [2.05, 4.69) is 0 Å².